The number of benzene rings is 7. The van der Waals surface area contributed by atoms with Crippen LogP contribution in [0, 0.1) is 20.8 Å². The summed E-state index contributed by atoms with van der Waals surface area (Å²) in [5, 5.41) is 10.4. The van der Waals surface area contributed by atoms with Gasteiger partial charge in [0.2, 0.25) is 0 Å². The Bertz CT molecular complexity index is 1750. The molecule has 37 heavy (non-hydrogen) atoms. The zero-order chi connectivity index (χ0) is 25.1. The van der Waals surface area contributed by atoms with Gasteiger partial charge < -0.3 is 0 Å². The molecule has 0 radical (unpaired) electrons. The van der Waals surface area contributed by atoms with Crippen molar-refractivity contribution >= 4 is 43.1 Å². The van der Waals surface area contributed by atoms with Crippen molar-refractivity contribution in [2.45, 2.75) is 20.8 Å². The van der Waals surface area contributed by atoms with E-state index in [4.69, 9.17) is 0 Å². The smallest absolute Gasteiger partial charge is 0.00238 e. The van der Waals surface area contributed by atoms with Crippen LogP contribution in [0.1, 0.15) is 16.7 Å². The quantitative estimate of drug-likeness (QED) is 0.220. The fraction of sp³-hybridized carbons (Fsp3) is 0.0811. The molecular formula is C37H28. The van der Waals surface area contributed by atoms with E-state index in [0.29, 0.717) is 0 Å². The average Bonchev–Trinajstić information content (AvgIpc) is 2.94. The molecule has 0 heterocycles. The lowest BCUT2D eigenvalue weighted by molar-refractivity contribution is 1.27. The van der Waals surface area contributed by atoms with E-state index < -0.39 is 0 Å². The van der Waals surface area contributed by atoms with Gasteiger partial charge in [-0.05, 0) is 121 Å². The fourth-order valence-corrected chi connectivity index (χ4v) is 6.17. The van der Waals surface area contributed by atoms with Crippen LogP contribution in [0.2, 0.25) is 0 Å². The lowest BCUT2D eigenvalue weighted by Gasteiger charge is -2.21. The van der Waals surface area contributed by atoms with E-state index in [1.807, 2.05) is 0 Å². The largest absolute Gasteiger partial charge is 0.0616 e. The minimum absolute atomic E-state index is 1.28. The van der Waals surface area contributed by atoms with E-state index >= 15 is 0 Å². The maximum atomic E-state index is 2.47. The Balaban J connectivity index is 1.66. The second kappa shape index (κ2) is 8.32. The van der Waals surface area contributed by atoms with Crippen molar-refractivity contribution in [3.05, 3.63) is 132 Å². The molecule has 7 aromatic rings. The lowest BCUT2D eigenvalue weighted by atomic mass is 9.82. The molecule has 7 aromatic carbocycles. The highest BCUT2D eigenvalue weighted by Gasteiger charge is 2.19. The molecule has 7 rings (SSSR count). The Kier molecular flexibility index (Phi) is 4.91. The minimum atomic E-state index is 1.28. The van der Waals surface area contributed by atoms with Gasteiger partial charge in [-0.1, -0.05) is 97.1 Å². The highest BCUT2D eigenvalue weighted by molar-refractivity contribution is 6.16. The van der Waals surface area contributed by atoms with Crippen LogP contribution in [0.25, 0.3) is 65.3 Å². The fourth-order valence-electron chi connectivity index (χ4n) is 6.17. The molecule has 0 spiro atoms. The maximum absolute atomic E-state index is 2.47. The molecule has 0 nitrogen and oxygen atoms in total. The molecule has 0 N–H and O–H groups in total. The van der Waals surface area contributed by atoms with Crippen LogP contribution in [-0.2, 0) is 0 Å². The first kappa shape index (κ1) is 21.8. The number of hydrogen-bond donors (Lipinski definition) is 0. The molecule has 176 valence electrons. The van der Waals surface area contributed by atoms with Gasteiger partial charge in [0.05, 0.1) is 0 Å². The summed E-state index contributed by atoms with van der Waals surface area (Å²) >= 11 is 0. The first-order valence-electron chi connectivity index (χ1n) is 13.0. The van der Waals surface area contributed by atoms with Crippen molar-refractivity contribution in [3.63, 3.8) is 0 Å². The van der Waals surface area contributed by atoms with Gasteiger partial charge in [0.1, 0.15) is 0 Å². The molecule has 0 aliphatic heterocycles. The summed E-state index contributed by atoms with van der Waals surface area (Å²) in [6.07, 6.45) is 0. The van der Waals surface area contributed by atoms with Crippen molar-refractivity contribution < 1.29 is 0 Å². The molecular weight excluding hydrogens is 444 g/mol. The van der Waals surface area contributed by atoms with E-state index in [9.17, 15) is 0 Å². The Morgan fingerprint density at radius 3 is 0.946 bits per heavy atom. The molecule has 0 fully saturated rings. The molecule has 0 aromatic heterocycles. The standard InChI is InChI=1S/C37H28/c1-23-24(2)34(36-30-16-8-4-12-26(30)20-27-13-5-9-17-31(27)36)22-35(25(23)3)37-32-18-10-6-14-28(32)21-29-15-7-11-19-33(29)37/h4-22H,1-3H3. The van der Waals surface area contributed by atoms with Gasteiger partial charge in [0, 0.05) is 0 Å². The molecule has 0 aliphatic carbocycles. The van der Waals surface area contributed by atoms with Gasteiger partial charge in [-0.2, -0.15) is 0 Å². The molecule has 0 saturated carbocycles. The molecule has 0 unspecified atom stereocenters. The molecule has 0 aliphatic rings. The van der Waals surface area contributed by atoms with Crippen molar-refractivity contribution in [2.24, 2.45) is 0 Å². The van der Waals surface area contributed by atoms with Crippen LogP contribution < -0.4 is 0 Å². The summed E-state index contributed by atoms with van der Waals surface area (Å²) in [7, 11) is 0. The first-order valence-corrected chi connectivity index (χ1v) is 13.0. The molecule has 0 saturated heterocycles. The molecule has 0 bridgehead atoms. The summed E-state index contributed by atoms with van der Waals surface area (Å²) in [6, 6.07) is 42.4. The topological polar surface area (TPSA) is 0 Å². The zero-order valence-electron chi connectivity index (χ0n) is 21.5. The van der Waals surface area contributed by atoms with Gasteiger partial charge in [-0.15, -0.1) is 0 Å². The van der Waals surface area contributed by atoms with Crippen LogP contribution in [0.3, 0.4) is 0 Å². The predicted molar refractivity (Wildman–Crippen MR) is 162 cm³/mol. The number of fused-ring (bicyclic) bond motifs is 4. The van der Waals surface area contributed by atoms with Gasteiger partial charge in [0.25, 0.3) is 0 Å². The van der Waals surface area contributed by atoms with Crippen molar-refractivity contribution in [3.8, 4) is 22.3 Å². The summed E-state index contributed by atoms with van der Waals surface area (Å²) in [4.78, 5) is 0. The minimum Gasteiger partial charge on any atom is -0.0616 e. The maximum Gasteiger partial charge on any atom is -0.00238 e. The van der Waals surface area contributed by atoms with E-state index in [0.717, 1.165) is 0 Å². The highest BCUT2D eigenvalue weighted by atomic mass is 14.2. The van der Waals surface area contributed by atoms with Crippen molar-refractivity contribution in [1.29, 1.82) is 0 Å². The summed E-state index contributed by atoms with van der Waals surface area (Å²) < 4.78 is 0. The first-order chi connectivity index (χ1) is 18.1. The second-order valence-electron chi connectivity index (χ2n) is 10.2. The molecule has 0 amide bonds. The average molecular weight is 473 g/mol. The van der Waals surface area contributed by atoms with E-state index in [-0.39, 0.29) is 0 Å². The normalized spacial score (nSPS) is 11.6. The van der Waals surface area contributed by atoms with Gasteiger partial charge >= 0.3 is 0 Å². The third kappa shape index (κ3) is 3.29. The van der Waals surface area contributed by atoms with Crippen molar-refractivity contribution in [2.75, 3.05) is 0 Å². The van der Waals surface area contributed by atoms with Gasteiger partial charge in [-0.25, -0.2) is 0 Å². The van der Waals surface area contributed by atoms with Crippen LogP contribution in [0.15, 0.2) is 115 Å². The van der Waals surface area contributed by atoms with E-state index in [1.54, 1.807) is 0 Å². The van der Waals surface area contributed by atoms with Crippen LogP contribution in [-0.4, -0.2) is 0 Å². The van der Waals surface area contributed by atoms with Crippen molar-refractivity contribution in [1.82, 2.24) is 0 Å². The van der Waals surface area contributed by atoms with E-state index in [1.165, 1.54) is 82.0 Å². The molecule has 0 atom stereocenters. The lowest BCUT2D eigenvalue weighted by Crippen LogP contribution is -1.98. The number of rotatable bonds is 2. The number of hydrogen-bond acceptors (Lipinski definition) is 0. The van der Waals surface area contributed by atoms with Crippen LogP contribution in [0.4, 0.5) is 0 Å². The predicted octanol–water partition coefficient (Wildman–Crippen LogP) is 10.6. The summed E-state index contributed by atoms with van der Waals surface area (Å²) in [6.45, 7) is 6.87. The van der Waals surface area contributed by atoms with Crippen LogP contribution >= 0.6 is 0 Å². The third-order valence-corrected chi connectivity index (χ3v) is 8.30. The van der Waals surface area contributed by atoms with E-state index in [2.05, 4.69) is 136 Å². The molecule has 0 heteroatoms. The van der Waals surface area contributed by atoms with Crippen LogP contribution in [0.5, 0.6) is 0 Å². The zero-order valence-corrected chi connectivity index (χ0v) is 21.5. The summed E-state index contributed by atoms with van der Waals surface area (Å²) in [5.74, 6) is 0. The Morgan fingerprint density at radius 2 is 0.622 bits per heavy atom. The Morgan fingerprint density at radius 1 is 0.324 bits per heavy atom. The second-order valence-corrected chi connectivity index (χ2v) is 10.2. The Labute approximate surface area is 217 Å². The third-order valence-electron chi connectivity index (χ3n) is 8.30. The van der Waals surface area contributed by atoms with Gasteiger partial charge in [0.15, 0.2) is 0 Å². The monoisotopic (exact) mass is 472 g/mol. The Hall–Kier alpha value is -4.42. The van der Waals surface area contributed by atoms with Gasteiger partial charge in [-0.3, -0.25) is 0 Å². The highest BCUT2D eigenvalue weighted by Crippen LogP contribution is 2.44. The SMILES string of the molecule is Cc1c(-c2c3ccccc3cc3ccccc23)cc(-c2c3ccccc3cc3ccccc23)c(C)c1C. The summed E-state index contributed by atoms with van der Waals surface area (Å²) in [5.41, 5.74) is 9.38.